The highest BCUT2D eigenvalue weighted by Gasteiger charge is 2.32. The summed E-state index contributed by atoms with van der Waals surface area (Å²) in [4.78, 5) is 24.5. The minimum atomic E-state index is -0.574. The zero-order chi connectivity index (χ0) is 16.6. The molecule has 0 aliphatic heterocycles. The zero-order valence-electron chi connectivity index (χ0n) is 11.7. The predicted molar refractivity (Wildman–Crippen MR) is 90.8 cm³/mol. The fraction of sp³-hybridized carbons (Fsp3) is 0. The summed E-state index contributed by atoms with van der Waals surface area (Å²) in [6.07, 6.45) is 2.70. The van der Waals surface area contributed by atoms with Crippen molar-refractivity contribution in [3.63, 3.8) is 0 Å². The molecule has 0 atom stereocenters. The molecule has 0 heterocycles. The monoisotopic (exact) mass is 344 g/mol. The van der Waals surface area contributed by atoms with Crippen molar-refractivity contribution in [3.8, 4) is 0 Å². The van der Waals surface area contributed by atoms with Crippen molar-refractivity contribution in [2.24, 2.45) is 0 Å². The van der Waals surface area contributed by atoms with Crippen LogP contribution in [0.1, 0.15) is 21.5 Å². The molecule has 0 saturated carbocycles. The summed E-state index contributed by atoms with van der Waals surface area (Å²) in [6, 6.07) is 11.4. The number of fused-ring (bicyclic) bond motifs is 1. The van der Waals surface area contributed by atoms with Crippen LogP contribution in [0.4, 0.5) is 0 Å². The van der Waals surface area contributed by atoms with Gasteiger partial charge in [0.15, 0.2) is 5.78 Å². The van der Waals surface area contributed by atoms with E-state index in [1.54, 1.807) is 42.5 Å². The topological polar surface area (TPSA) is 54.4 Å². The molecular weight excluding hydrogens is 335 g/mol. The van der Waals surface area contributed by atoms with Crippen LogP contribution in [0, 0.1) is 0 Å². The summed E-state index contributed by atoms with van der Waals surface area (Å²) < 4.78 is 0. The second-order valence-corrected chi connectivity index (χ2v) is 5.81. The Kier molecular flexibility index (Phi) is 4.07. The Morgan fingerprint density at radius 2 is 1.74 bits per heavy atom. The number of carbonyl (C=O) groups is 2. The molecule has 3 rings (SSSR count). The van der Waals surface area contributed by atoms with Gasteiger partial charge < -0.3 is 5.11 Å². The minimum Gasteiger partial charge on any atom is -0.506 e. The summed E-state index contributed by atoms with van der Waals surface area (Å²) in [5, 5.41) is 11.0. The van der Waals surface area contributed by atoms with Gasteiger partial charge in [-0.05, 0) is 29.8 Å². The Morgan fingerprint density at radius 1 is 1.04 bits per heavy atom. The number of aliphatic hydroxyl groups is 1. The quantitative estimate of drug-likeness (QED) is 0.646. The molecule has 2 aromatic carbocycles. The Bertz CT molecular complexity index is 895. The van der Waals surface area contributed by atoms with E-state index in [0.717, 1.165) is 0 Å². The van der Waals surface area contributed by atoms with E-state index in [1.165, 1.54) is 12.2 Å². The van der Waals surface area contributed by atoms with Gasteiger partial charge in [-0.3, -0.25) is 9.59 Å². The number of allylic oxidation sites excluding steroid dienone is 2. The lowest BCUT2D eigenvalue weighted by Gasteiger charge is -1.99. The number of hydrogen-bond donors (Lipinski definition) is 1. The standard InChI is InChI=1S/C18H10Cl2O3/c19-11-7-5-10(14(20)9-11)6-8-15(21)16-17(22)12-3-1-2-4-13(12)18(16)23/h1-9,22H. The number of halogens is 2. The third kappa shape index (κ3) is 2.81. The molecule has 0 amide bonds. The highest BCUT2D eigenvalue weighted by Crippen LogP contribution is 2.31. The van der Waals surface area contributed by atoms with E-state index in [9.17, 15) is 14.7 Å². The molecule has 0 spiro atoms. The van der Waals surface area contributed by atoms with Gasteiger partial charge in [0.2, 0.25) is 5.78 Å². The number of rotatable bonds is 3. The lowest BCUT2D eigenvalue weighted by atomic mass is 10.1. The molecule has 1 aliphatic carbocycles. The lowest BCUT2D eigenvalue weighted by Crippen LogP contribution is -2.08. The molecule has 0 fully saturated rings. The summed E-state index contributed by atoms with van der Waals surface area (Å²) in [6.45, 7) is 0. The molecule has 23 heavy (non-hydrogen) atoms. The molecule has 1 N–H and O–H groups in total. The fourth-order valence-electron chi connectivity index (χ4n) is 2.38. The van der Waals surface area contributed by atoms with Gasteiger partial charge in [0.25, 0.3) is 0 Å². The average molecular weight is 345 g/mol. The molecule has 1 aliphatic rings. The Labute approximate surface area is 142 Å². The first-order chi connectivity index (χ1) is 11.0. The third-order valence-corrected chi connectivity index (χ3v) is 4.08. The van der Waals surface area contributed by atoms with Crippen LogP contribution in [0.5, 0.6) is 0 Å². The first-order valence-electron chi connectivity index (χ1n) is 6.74. The van der Waals surface area contributed by atoms with Gasteiger partial charge in [-0.15, -0.1) is 0 Å². The van der Waals surface area contributed by atoms with Crippen LogP contribution in [0.25, 0.3) is 11.8 Å². The zero-order valence-corrected chi connectivity index (χ0v) is 13.2. The molecule has 0 bridgehead atoms. The fourth-order valence-corrected chi connectivity index (χ4v) is 2.85. The highest BCUT2D eigenvalue weighted by molar-refractivity contribution is 6.37. The largest absolute Gasteiger partial charge is 0.506 e. The normalized spacial score (nSPS) is 13.7. The van der Waals surface area contributed by atoms with Crippen LogP contribution in [0.3, 0.4) is 0 Å². The summed E-state index contributed by atoms with van der Waals surface area (Å²) in [5.41, 5.74) is 1.06. The Balaban J connectivity index is 1.91. The van der Waals surface area contributed by atoms with Crippen molar-refractivity contribution in [2.75, 3.05) is 0 Å². The molecule has 5 heteroatoms. The van der Waals surface area contributed by atoms with E-state index >= 15 is 0 Å². The highest BCUT2D eigenvalue weighted by atomic mass is 35.5. The lowest BCUT2D eigenvalue weighted by molar-refractivity contribution is -0.110. The first-order valence-corrected chi connectivity index (χ1v) is 7.49. The van der Waals surface area contributed by atoms with E-state index in [1.807, 2.05) is 0 Å². The minimum absolute atomic E-state index is 0.229. The number of aliphatic hydroxyl groups excluding tert-OH is 1. The molecule has 0 saturated heterocycles. The van der Waals surface area contributed by atoms with Crippen molar-refractivity contribution in [2.45, 2.75) is 0 Å². The smallest absolute Gasteiger partial charge is 0.201 e. The molecular formula is C18H10Cl2O3. The number of hydrogen-bond acceptors (Lipinski definition) is 3. The van der Waals surface area contributed by atoms with Crippen molar-refractivity contribution in [3.05, 3.63) is 80.8 Å². The van der Waals surface area contributed by atoms with Crippen LogP contribution in [-0.2, 0) is 4.79 Å². The van der Waals surface area contributed by atoms with Crippen LogP contribution in [0.15, 0.2) is 54.1 Å². The maximum absolute atomic E-state index is 12.3. The second-order valence-electron chi connectivity index (χ2n) is 4.96. The van der Waals surface area contributed by atoms with E-state index in [0.29, 0.717) is 26.7 Å². The molecule has 114 valence electrons. The second kappa shape index (κ2) is 6.03. The molecule has 2 aromatic rings. The van der Waals surface area contributed by atoms with Crippen molar-refractivity contribution < 1.29 is 14.7 Å². The number of ketones is 2. The van der Waals surface area contributed by atoms with E-state index in [4.69, 9.17) is 23.2 Å². The van der Waals surface area contributed by atoms with Crippen LogP contribution < -0.4 is 0 Å². The van der Waals surface area contributed by atoms with Gasteiger partial charge >= 0.3 is 0 Å². The maximum Gasteiger partial charge on any atom is 0.201 e. The van der Waals surface area contributed by atoms with Gasteiger partial charge in [-0.1, -0.05) is 53.5 Å². The van der Waals surface area contributed by atoms with Crippen LogP contribution in [0.2, 0.25) is 10.0 Å². The Hall–Kier alpha value is -2.36. The van der Waals surface area contributed by atoms with E-state index in [2.05, 4.69) is 0 Å². The molecule has 0 radical (unpaired) electrons. The predicted octanol–water partition coefficient (Wildman–Crippen LogP) is 4.74. The first kappa shape index (κ1) is 15.5. The maximum atomic E-state index is 12.3. The van der Waals surface area contributed by atoms with Crippen molar-refractivity contribution in [1.82, 2.24) is 0 Å². The van der Waals surface area contributed by atoms with E-state index < -0.39 is 11.6 Å². The summed E-state index contributed by atoms with van der Waals surface area (Å²) >= 11 is 11.8. The van der Waals surface area contributed by atoms with Gasteiger partial charge in [-0.25, -0.2) is 0 Å². The van der Waals surface area contributed by atoms with Crippen molar-refractivity contribution in [1.29, 1.82) is 0 Å². The van der Waals surface area contributed by atoms with Gasteiger partial charge in [0.1, 0.15) is 11.3 Å². The number of carbonyl (C=O) groups excluding carboxylic acids is 2. The third-order valence-electron chi connectivity index (χ3n) is 3.51. The van der Waals surface area contributed by atoms with Gasteiger partial charge in [0.05, 0.1) is 0 Å². The number of benzene rings is 2. The summed E-state index contributed by atoms with van der Waals surface area (Å²) in [7, 11) is 0. The molecule has 0 unspecified atom stereocenters. The average Bonchev–Trinajstić information content (AvgIpc) is 2.78. The molecule has 3 nitrogen and oxygen atoms in total. The van der Waals surface area contributed by atoms with Gasteiger partial charge in [0, 0.05) is 21.2 Å². The SMILES string of the molecule is O=C(C=Cc1ccc(Cl)cc1Cl)C1=C(O)c2ccccc2C1=O. The van der Waals surface area contributed by atoms with E-state index in [-0.39, 0.29) is 11.3 Å². The summed E-state index contributed by atoms with van der Waals surface area (Å²) in [5.74, 6) is -1.34. The van der Waals surface area contributed by atoms with Crippen molar-refractivity contribution >= 4 is 46.6 Å². The Morgan fingerprint density at radius 3 is 2.39 bits per heavy atom. The van der Waals surface area contributed by atoms with Crippen LogP contribution >= 0.6 is 23.2 Å². The molecule has 0 aromatic heterocycles. The number of Topliss-reactive ketones (excluding diaryl/α,β-unsaturated/α-hetero) is 1. The van der Waals surface area contributed by atoms with Crippen LogP contribution in [-0.4, -0.2) is 16.7 Å². The van der Waals surface area contributed by atoms with Gasteiger partial charge in [-0.2, -0.15) is 0 Å².